The van der Waals surface area contributed by atoms with Crippen LogP contribution in [0.3, 0.4) is 0 Å². The zero-order chi connectivity index (χ0) is 19.8. The number of rotatable bonds is 5. The van der Waals surface area contributed by atoms with Crippen LogP contribution in [0.1, 0.15) is 58.6 Å². The van der Waals surface area contributed by atoms with Gasteiger partial charge < -0.3 is 14.5 Å². The maximum atomic E-state index is 13.2. The maximum Gasteiger partial charge on any atom is 0.288 e. The molecule has 2 aromatic carbocycles. The number of fused-ring (bicyclic) bond motifs is 2. The van der Waals surface area contributed by atoms with E-state index in [4.69, 9.17) is 9.15 Å². The quantitative estimate of drug-likeness (QED) is 0.668. The number of nitrogens with one attached hydrogen (secondary N) is 1. The third-order valence-electron chi connectivity index (χ3n) is 5.37. The molecular weight excluding hydrogens is 354 g/mol. The number of amides is 1. The van der Waals surface area contributed by atoms with Gasteiger partial charge in [-0.05, 0) is 55.2 Å². The highest BCUT2D eigenvalue weighted by Gasteiger charge is 2.36. The second kappa shape index (κ2) is 7.15. The highest BCUT2D eigenvalue weighted by Crippen LogP contribution is 2.32. The first kappa shape index (κ1) is 18.3. The standard InChI is InChI=1S/C23H23NO4/c1-4-5-12-27-16-9-7-15(8-10-16)19-18-20(25)17-11-6-13(2)14(3)21(17)28-22(18)23(26)24-19/h6-11,19H,4-5,12H2,1-3H3,(H,24,26). The molecule has 1 aliphatic heterocycles. The molecule has 0 spiro atoms. The predicted octanol–water partition coefficient (Wildman–Crippen LogP) is 4.42. The summed E-state index contributed by atoms with van der Waals surface area (Å²) in [4.78, 5) is 25.7. The molecule has 1 aromatic heterocycles. The highest BCUT2D eigenvalue weighted by atomic mass is 16.5. The number of aryl methyl sites for hydroxylation is 2. The third kappa shape index (κ3) is 2.97. The van der Waals surface area contributed by atoms with Crippen molar-refractivity contribution in [3.63, 3.8) is 0 Å². The van der Waals surface area contributed by atoms with Gasteiger partial charge in [0.05, 0.1) is 23.6 Å². The van der Waals surface area contributed by atoms with Crippen LogP contribution in [0.15, 0.2) is 45.6 Å². The zero-order valence-corrected chi connectivity index (χ0v) is 16.3. The van der Waals surface area contributed by atoms with E-state index in [1.165, 1.54) is 0 Å². The van der Waals surface area contributed by atoms with E-state index in [-0.39, 0.29) is 17.1 Å². The molecule has 4 rings (SSSR count). The van der Waals surface area contributed by atoms with Gasteiger partial charge in [-0.1, -0.05) is 31.5 Å². The number of ether oxygens (including phenoxy) is 1. The SMILES string of the molecule is CCCCOc1ccc(C2NC(=O)c3oc4c(C)c(C)ccc4c(=O)c32)cc1. The van der Waals surface area contributed by atoms with Gasteiger partial charge >= 0.3 is 0 Å². The Bertz CT molecular complexity index is 1110. The fraction of sp³-hybridized carbons (Fsp3) is 0.304. The first-order valence-corrected chi connectivity index (χ1v) is 9.61. The molecular formula is C23H23NO4. The van der Waals surface area contributed by atoms with Crippen molar-refractivity contribution in [1.82, 2.24) is 5.32 Å². The smallest absolute Gasteiger partial charge is 0.288 e. The summed E-state index contributed by atoms with van der Waals surface area (Å²) in [6, 6.07) is 10.7. The van der Waals surface area contributed by atoms with Crippen LogP contribution in [0.2, 0.25) is 0 Å². The molecule has 3 aromatic rings. The molecule has 0 saturated heterocycles. The number of unbranched alkanes of at least 4 members (excludes halogenated alkanes) is 1. The molecule has 1 N–H and O–H groups in total. The summed E-state index contributed by atoms with van der Waals surface area (Å²) in [6.07, 6.45) is 2.08. The summed E-state index contributed by atoms with van der Waals surface area (Å²) in [5, 5.41) is 3.39. The summed E-state index contributed by atoms with van der Waals surface area (Å²) < 4.78 is 11.6. The van der Waals surface area contributed by atoms with Gasteiger partial charge in [0.15, 0.2) is 5.43 Å². The minimum absolute atomic E-state index is 0.111. The van der Waals surface area contributed by atoms with Gasteiger partial charge in [0.25, 0.3) is 5.91 Å². The maximum absolute atomic E-state index is 13.2. The minimum atomic E-state index is -0.519. The third-order valence-corrected chi connectivity index (χ3v) is 5.37. The first-order valence-electron chi connectivity index (χ1n) is 9.61. The molecule has 28 heavy (non-hydrogen) atoms. The second-order valence-corrected chi connectivity index (χ2v) is 7.24. The topological polar surface area (TPSA) is 68.5 Å². The second-order valence-electron chi connectivity index (χ2n) is 7.24. The average molecular weight is 377 g/mol. The summed E-state index contributed by atoms with van der Waals surface area (Å²) >= 11 is 0. The number of benzene rings is 2. The lowest BCUT2D eigenvalue weighted by atomic mass is 9.98. The monoisotopic (exact) mass is 377 g/mol. The van der Waals surface area contributed by atoms with Crippen LogP contribution in [0, 0.1) is 13.8 Å². The van der Waals surface area contributed by atoms with Crippen molar-refractivity contribution >= 4 is 16.9 Å². The molecule has 0 bridgehead atoms. The molecule has 1 amide bonds. The van der Waals surface area contributed by atoms with Gasteiger partial charge in [-0.2, -0.15) is 0 Å². The Labute approximate surface area is 163 Å². The minimum Gasteiger partial charge on any atom is -0.494 e. The number of carbonyl (C=O) groups is 1. The largest absolute Gasteiger partial charge is 0.494 e. The fourth-order valence-corrected chi connectivity index (χ4v) is 3.55. The Balaban J connectivity index is 1.75. The van der Waals surface area contributed by atoms with Gasteiger partial charge in [-0.25, -0.2) is 0 Å². The van der Waals surface area contributed by atoms with Gasteiger partial charge in [0.2, 0.25) is 5.76 Å². The van der Waals surface area contributed by atoms with Crippen LogP contribution in [-0.4, -0.2) is 12.5 Å². The van der Waals surface area contributed by atoms with E-state index in [1.807, 2.05) is 44.2 Å². The lowest BCUT2D eigenvalue weighted by molar-refractivity contribution is 0.0938. The molecule has 1 atom stereocenters. The molecule has 5 nitrogen and oxygen atoms in total. The van der Waals surface area contributed by atoms with Crippen LogP contribution in [0.5, 0.6) is 5.75 Å². The molecule has 0 aliphatic carbocycles. The first-order chi connectivity index (χ1) is 13.5. The van der Waals surface area contributed by atoms with E-state index >= 15 is 0 Å². The van der Waals surface area contributed by atoms with Crippen molar-refractivity contribution in [2.45, 2.75) is 39.7 Å². The fourth-order valence-electron chi connectivity index (χ4n) is 3.55. The number of hydrogen-bond donors (Lipinski definition) is 1. The molecule has 0 saturated carbocycles. The normalized spacial score (nSPS) is 15.5. The van der Waals surface area contributed by atoms with Crippen LogP contribution in [-0.2, 0) is 0 Å². The zero-order valence-electron chi connectivity index (χ0n) is 16.3. The van der Waals surface area contributed by atoms with E-state index < -0.39 is 6.04 Å². The van der Waals surface area contributed by atoms with E-state index in [0.29, 0.717) is 23.1 Å². The van der Waals surface area contributed by atoms with Crippen LogP contribution >= 0.6 is 0 Å². The summed E-state index contributed by atoms with van der Waals surface area (Å²) in [5.74, 6) is 0.529. The van der Waals surface area contributed by atoms with Crippen molar-refractivity contribution in [2.75, 3.05) is 6.61 Å². The van der Waals surface area contributed by atoms with Crippen LogP contribution in [0.4, 0.5) is 0 Å². The Hall–Kier alpha value is -3.08. The van der Waals surface area contributed by atoms with Crippen molar-refractivity contribution in [3.8, 4) is 5.75 Å². The van der Waals surface area contributed by atoms with Crippen molar-refractivity contribution in [3.05, 3.63) is 74.6 Å². The Morgan fingerprint density at radius 3 is 2.54 bits per heavy atom. The lowest BCUT2D eigenvalue weighted by Crippen LogP contribution is -2.21. The van der Waals surface area contributed by atoms with Crippen LogP contribution < -0.4 is 15.5 Å². The average Bonchev–Trinajstić information content (AvgIpc) is 3.03. The van der Waals surface area contributed by atoms with E-state index in [1.54, 1.807) is 6.07 Å². The van der Waals surface area contributed by atoms with E-state index in [9.17, 15) is 9.59 Å². The van der Waals surface area contributed by atoms with E-state index in [2.05, 4.69) is 12.2 Å². The lowest BCUT2D eigenvalue weighted by Gasteiger charge is -2.13. The van der Waals surface area contributed by atoms with Gasteiger partial charge in [-0.3, -0.25) is 9.59 Å². The molecule has 2 heterocycles. The number of carbonyl (C=O) groups excluding carboxylic acids is 1. The molecule has 0 radical (unpaired) electrons. The van der Waals surface area contributed by atoms with Crippen LogP contribution in [0.25, 0.3) is 11.0 Å². The van der Waals surface area contributed by atoms with Crippen molar-refractivity contribution < 1.29 is 13.9 Å². The molecule has 1 unspecified atom stereocenters. The molecule has 144 valence electrons. The Morgan fingerprint density at radius 1 is 1.07 bits per heavy atom. The number of hydrogen-bond acceptors (Lipinski definition) is 4. The van der Waals surface area contributed by atoms with Gasteiger partial charge in [0, 0.05) is 0 Å². The predicted molar refractivity (Wildman–Crippen MR) is 108 cm³/mol. The van der Waals surface area contributed by atoms with Crippen molar-refractivity contribution in [1.29, 1.82) is 0 Å². The summed E-state index contributed by atoms with van der Waals surface area (Å²) in [7, 11) is 0. The van der Waals surface area contributed by atoms with Gasteiger partial charge in [-0.15, -0.1) is 0 Å². The van der Waals surface area contributed by atoms with Gasteiger partial charge in [0.1, 0.15) is 11.3 Å². The Morgan fingerprint density at radius 2 is 1.82 bits per heavy atom. The molecule has 5 heteroatoms. The van der Waals surface area contributed by atoms with Crippen molar-refractivity contribution in [2.24, 2.45) is 0 Å². The summed E-state index contributed by atoms with van der Waals surface area (Å²) in [6.45, 7) is 6.64. The molecule has 1 aliphatic rings. The highest BCUT2D eigenvalue weighted by molar-refractivity contribution is 5.99. The molecule has 0 fully saturated rings. The summed E-state index contributed by atoms with van der Waals surface area (Å²) in [5.41, 5.74) is 3.42. The Kier molecular flexibility index (Phi) is 4.67. The van der Waals surface area contributed by atoms with E-state index in [0.717, 1.165) is 35.3 Å².